The summed E-state index contributed by atoms with van der Waals surface area (Å²) in [4.78, 5) is 2.45. The minimum absolute atomic E-state index is 0.257. The molecule has 0 amide bonds. The first kappa shape index (κ1) is 11.6. The number of nitrogens with two attached hydrogens (primary N) is 1. The Morgan fingerprint density at radius 1 is 1.50 bits per heavy atom. The molecule has 1 aromatic rings. The van der Waals surface area contributed by atoms with Gasteiger partial charge in [-0.3, -0.25) is 9.58 Å². The summed E-state index contributed by atoms with van der Waals surface area (Å²) in [6.45, 7) is 7.54. The van der Waals surface area contributed by atoms with Gasteiger partial charge < -0.3 is 5.73 Å². The van der Waals surface area contributed by atoms with E-state index in [1.807, 2.05) is 6.20 Å². The Kier molecular flexibility index (Phi) is 3.61. The monoisotopic (exact) mass is 222 g/mol. The van der Waals surface area contributed by atoms with Crippen LogP contribution in [0.3, 0.4) is 0 Å². The Labute approximate surface area is 97.4 Å². The van der Waals surface area contributed by atoms with Gasteiger partial charge in [-0.2, -0.15) is 5.10 Å². The van der Waals surface area contributed by atoms with Gasteiger partial charge >= 0.3 is 0 Å². The minimum atomic E-state index is 0.257. The summed E-state index contributed by atoms with van der Waals surface area (Å²) < 4.78 is 2.11. The SMILES string of the molecule is CCCn1nccc1C1C(N)CCN1CC. The highest BCUT2D eigenvalue weighted by molar-refractivity contribution is 5.12. The molecule has 2 N–H and O–H groups in total. The van der Waals surface area contributed by atoms with Crippen molar-refractivity contribution in [3.8, 4) is 0 Å². The molecule has 2 atom stereocenters. The van der Waals surface area contributed by atoms with Crippen LogP contribution < -0.4 is 5.73 Å². The maximum Gasteiger partial charge on any atom is 0.0670 e. The fourth-order valence-electron chi connectivity index (χ4n) is 2.64. The summed E-state index contributed by atoms with van der Waals surface area (Å²) in [5.41, 5.74) is 7.50. The number of nitrogens with zero attached hydrogens (tertiary/aromatic N) is 3. The van der Waals surface area contributed by atoms with Gasteiger partial charge in [0.05, 0.1) is 11.7 Å². The first-order chi connectivity index (χ1) is 7.77. The van der Waals surface area contributed by atoms with Crippen molar-refractivity contribution in [2.24, 2.45) is 5.73 Å². The van der Waals surface area contributed by atoms with E-state index in [1.54, 1.807) is 0 Å². The Morgan fingerprint density at radius 3 is 3.00 bits per heavy atom. The molecule has 90 valence electrons. The smallest absolute Gasteiger partial charge is 0.0670 e. The molecule has 1 saturated heterocycles. The first-order valence-electron chi connectivity index (χ1n) is 6.29. The standard InChI is InChI=1S/C12H22N4/c1-3-8-16-11(5-7-14-16)12-10(13)6-9-15(12)4-2/h5,7,10,12H,3-4,6,8-9,13H2,1-2H3. The summed E-state index contributed by atoms with van der Waals surface area (Å²) in [7, 11) is 0. The molecule has 0 radical (unpaired) electrons. The van der Waals surface area contributed by atoms with Crippen molar-refractivity contribution in [1.29, 1.82) is 0 Å². The molecule has 1 aromatic heterocycles. The summed E-state index contributed by atoms with van der Waals surface area (Å²) in [6.07, 6.45) is 4.10. The second-order valence-corrected chi connectivity index (χ2v) is 4.51. The number of hydrogen-bond acceptors (Lipinski definition) is 3. The van der Waals surface area contributed by atoms with Crippen molar-refractivity contribution in [1.82, 2.24) is 14.7 Å². The second-order valence-electron chi connectivity index (χ2n) is 4.51. The van der Waals surface area contributed by atoms with Crippen LogP contribution in [-0.4, -0.2) is 33.8 Å². The number of aromatic nitrogens is 2. The lowest BCUT2D eigenvalue weighted by Crippen LogP contribution is -2.33. The van der Waals surface area contributed by atoms with Gasteiger partial charge in [0.2, 0.25) is 0 Å². The quantitative estimate of drug-likeness (QED) is 0.837. The van der Waals surface area contributed by atoms with Crippen LogP contribution in [-0.2, 0) is 6.54 Å². The van der Waals surface area contributed by atoms with E-state index in [4.69, 9.17) is 5.73 Å². The third-order valence-corrected chi connectivity index (χ3v) is 3.44. The molecule has 1 aliphatic rings. The van der Waals surface area contributed by atoms with E-state index in [0.29, 0.717) is 6.04 Å². The molecule has 0 aliphatic carbocycles. The maximum atomic E-state index is 6.22. The van der Waals surface area contributed by atoms with Gasteiger partial charge in [-0.05, 0) is 25.5 Å². The zero-order chi connectivity index (χ0) is 11.5. The molecule has 4 heteroatoms. The Balaban J connectivity index is 2.23. The topological polar surface area (TPSA) is 47.1 Å². The number of likely N-dealkylation sites (N-methyl/N-ethyl adjacent to an activating group) is 1. The van der Waals surface area contributed by atoms with Gasteiger partial charge in [0, 0.05) is 25.3 Å². The van der Waals surface area contributed by atoms with E-state index >= 15 is 0 Å². The van der Waals surface area contributed by atoms with E-state index < -0.39 is 0 Å². The molecule has 0 saturated carbocycles. The highest BCUT2D eigenvalue weighted by Gasteiger charge is 2.33. The second kappa shape index (κ2) is 4.97. The first-order valence-corrected chi connectivity index (χ1v) is 6.29. The summed E-state index contributed by atoms with van der Waals surface area (Å²) in [5.74, 6) is 0. The van der Waals surface area contributed by atoms with Crippen LogP contribution in [0.25, 0.3) is 0 Å². The average Bonchev–Trinajstić information content (AvgIpc) is 2.85. The Bertz CT molecular complexity index is 334. The third-order valence-electron chi connectivity index (χ3n) is 3.44. The highest BCUT2D eigenvalue weighted by atomic mass is 15.3. The summed E-state index contributed by atoms with van der Waals surface area (Å²) in [6, 6.07) is 2.74. The molecule has 0 aromatic carbocycles. The van der Waals surface area contributed by atoms with Crippen LogP contribution in [0.5, 0.6) is 0 Å². The van der Waals surface area contributed by atoms with E-state index in [-0.39, 0.29) is 6.04 Å². The molecule has 4 nitrogen and oxygen atoms in total. The van der Waals surface area contributed by atoms with E-state index in [2.05, 4.69) is 34.6 Å². The third kappa shape index (κ3) is 1.99. The van der Waals surface area contributed by atoms with Crippen LogP contribution in [0.15, 0.2) is 12.3 Å². The fraction of sp³-hybridized carbons (Fsp3) is 0.750. The van der Waals surface area contributed by atoms with Crippen molar-refractivity contribution in [3.63, 3.8) is 0 Å². The molecule has 1 fully saturated rings. The van der Waals surface area contributed by atoms with Crippen molar-refractivity contribution in [3.05, 3.63) is 18.0 Å². The normalized spacial score (nSPS) is 26.4. The van der Waals surface area contributed by atoms with Crippen molar-refractivity contribution >= 4 is 0 Å². The zero-order valence-electron chi connectivity index (χ0n) is 10.3. The predicted octanol–water partition coefficient (Wildman–Crippen LogP) is 1.39. The van der Waals surface area contributed by atoms with E-state index in [0.717, 1.165) is 32.5 Å². The summed E-state index contributed by atoms with van der Waals surface area (Å²) >= 11 is 0. The average molecular weight is 222 g/mol. The highest BCUT2D eigenvalue weighted by Crippen LogP contribution is 2.30. The molecular weight excluding hydrogens is 200 g/mol. The molecule has 0 bridgehead atoms. The molecule has 2 rings (SSSR count). The Morgan fingerprint density at radius 2 is 2.31 bits per heavy atom. The lowest BCUT2D eigenvalue weighted by Gasteiger charge is -2.26. The predicted molar refractivity (Wildman–Crippen MR) is 65.1 cm³/mol. The van der Waals surface area contributed by atoms with Crippen LogP contribution >= 0.6 is 0 Å². The molecular formula is C12H22N4. The van der Waals surface area contributed by atoms with Crippen molar-refractivity contribution in [2.75, 3.05) is 13.1 Å². The van der Waals surface area contributed by atoms with Crippen LogP contribution in [0.4, 0.5) is 0 Å². The summed E-state index contributed by atoms with van der Waals surface area (Å²) in [5, 5.41) is 4.39. The van der Waals surface area contributed by atoms with Crippen LogP contribution in [0.1, 0.15) is 38.4 Å². The largest absolute Gasteiger partial charge is 0.326 e. The van der Waals surface area contributed by atoms with Gasteiger partial charge in [0.15, 0.2) is 0 Å². The van der Waals surface area contributed by atoms with Gasteiger partial charge in [0.1, 0.15) is 0 Å². The number of likely N-dealkylation sites (tertiary alicyclic amines) is 1. The molecule has 2 heterocycles. The molecule has 0 spiro atoms. The lowest BCUT2D eigenvalue weighted by atomic mass is 10.1. The molecule has 16 heavy (non-hydrogen) atoms. The minimum Gasteiger partial charge on any atom is -0.326 e. The van der Waals surface area contributed by atoms with E-state index in [9.17, 15) is 0 Å². The Hall–Kier alpha value is -0.870. The number of hydrogen-bond donors (Lipinski definition) is 1. The van der Waals surface area contributed by atoms with Crippen molar-refractivity contribution < 1.29 is 0 Å². The zero-order valence-corrected chi connectivity index (χ0v) is 10.3. The molecule has 2 unspecified atom stereocenters. The van der Waals surface area contributed by atoms with Crippen molar-refractivity contribution in [2.45, 2.75) is 45.3 Å². The van der Waals surface area contributed by atoms with Gasteiger partial charge in [-0.15, -0.1) is 0 Å². The van der Waals surface area contributed by atoms with Crippen LogP contribution in [0.2, 0.25) is 0 Å². The van der Waals surface area contributed by atoms with Gasteiger partial charge in [-0.1, -0.05) is 13.8 Å². The lowest BCUT2D eigenvalue weighted by molar-refractivity contribution is 0.248. The number of aryl methyl sites for hydroxylation is 1. The van der Waals surface area contributed by atoms with E-state index in [1.165, 1.54) is 5.69 Å². The van der Waals surface area contributed by atoms with Gasteiger partial charge in [0.25, 0.3) is 0 Å². The number of rotatable bonds is 4. The molecule has 1 aliphatic heterocycles. The van der Waals surface area contributed by atoms with Crippen LogP contribution in [0, 0.1) is 0 Å². The fourth-order valence-corrected chi connectivity index (χ4v) is 2.64. The van der Waals surface area contributed by atoms with Gasteiger partial charge in [-0.25, -0.2) is 0 Å². The maximum absolute atomic E-state index is 6.22.